The van der Waals surface area contributed by atoms with E-state index in [1.807, 2.05) is 57.1 Å². The van der Waals surface area contributed by atoms with Gasteiger partial charge in [0.15, 0.2) is 0 Å². The summed E-state index contributed by atoms with van der Waals surface area (Å²) < 4.78 is 28.7. The molecule has 31 heavy (non-hydrogen) atoms. The quantitative estimate of drug-likeness (QED) is 0.584. The normalized spacial score (nSPS) is 11.1. The van der Waals surface area contributed by atoms with E-state index < -0.39 is 10.0 Å². The highest BCUT2D eigenvalue weighted by atomic mass is 32.2. The second-order valence-corrected chi connectivity index (χ2v) is 9.45. The van der Waals surface area contributed by atoms with Crippen LogP contribution in [0.1, 0.15) is 27.0 Å². The molecule has 0 atom stereocenters. The fraction of sp³-hybridized carbons (Fsp3) is 0.208. The molecule has 0 radical (unpaired) electrons. The third kappa shape index (κ3) is 5.24. The topological polar surface area (TPSA) is 78.5 Å². The summed E-state index contributed by atoms with van der Waals surface area (Å²) in [5, 5.41) is 2.78. The van der Waals surface area contributed by atoms with Crippen molar-refractivity contribution in [3.8, 4) is 0 Å². The molecule has 0 fully saturated rings. The minimum atomic E-state index is -3.82. The van der Waals surface area contributed by atoms with Gasteiger partial charge in [0.2, 0.25) is 0 Å². The number of hydrogen-bond acceptors (Lipinski definition) is 4. The Hall–Kier alpha value is -3.32. The van der Waals surface area contributed by atoms with Crippen LogP contribution < -0.4 is 14.9 Å². The summed E-state index contributed by atoms with van der Waals surface area (Å²) in [5.41, 5.74) is 4.90. The van der Waals surface area contributed by atoms with Gasteiger partial charge in [-0.25, -0.2) is 8.42 Å². The van der Waals surface area contributed by atoms with Crippen molar-refractivity contribution in [3.63, 3.8) is 0 Å². The third-order valence-electron chi connectivity index (χ3n) is 5.01. The van der Waals surface area contributed by atoms with E-state index in [4.69, 9.17) is 0 Å². The molecule has 0 aliphatic rings. The van der Waals surface area contributed by atoms with E-state index in [1.54, 1.807) is 37.3 Å². The maximum Gasteiger partial charge on any atom is 0.262 e. The van der Waals surface area contributed by atoms with Crippen molar-refractivity contribution in [2.75, 3.05) is 29.0 Å². The van der Waals surface area contributed by atoms with Crippen LogP contribution in [0.3, 0.4) is 0 Å². The van der Waals surface area contributed by atoms with Gasteiger partial charge in [-0.15, -0.1) is 0 Å². The first-order valence-corrected chi connectivity index (χ1v) is 11.3. The number of amides is 1. The molecule has 7 heteroatoms. The number of sulfonamides is 1. The highest BCUT2D eigenvalue weighted by Gasteiger charge is 2.19. The predicted molar refractivity (Wildman–Crippen MR) is 127 cm³/mol. The molecule has 3 rings (SSSR count). The molecule has 0 bridgehead atoms. The van der Waals surface area contributed by atoms with Crippen molar-refractivity contribution in [2.24, 2.45) is 0 Å². The molecule has 162 valence electrons. The highest BCUT2D eigenvalue weighted by molar-refractivity contribution is 7.92. The average molecular weight is 438 g/mol. The molecule has 6 nitrogen and oxygen atoms in total. The molecule has 3 aromatic rings. The van der Waals surface area contributed by atoms with Gasteiger partial charge in [-0.05, 0) is 74.4 Å². The standard InChI is InChI=1S/C24H27N3O3S/c1-16-6-13-22(18(3)14-16)26-31(29,30)23-15-20(10-7-17(23)2)25-24(28)19-8-11-21(12-9-19)27(4)5/h6-15,26H,1-5H3,(H,25,28). The fourth-order valence-electron chi connectivity index (χ4n) is 3.21. The lowest BCUT2D eigenvalue weighted by molar-refractivity contribution is 0.102. The van der Waals surface area contributed by atoms with Crippen LogP contribution in [0.5, 0.6) is 0 Å². The van der Waals surface area contributed by atoms with Gasteiger partial charge in [0, 0.05) is 31.0 Å². The van der Waals surface area contributed by atoms with Crippen LogP contribution in [0.2, 0.25) is 0 Å². The smallest absolute Gasteiger partial charge is 0.262 e. The Labute approximate surface area is 184 Å². The zero-order valence-electron chi connectivity index (χ0n) is 18.4. The second-order valence-electron chi connectivity index (χ2n) is 7.80. The fourth-order valence-corrected chi connectivity index (χ4v) is 4.61. The third-order valence-corrected chi connectivity index (χ3v) is 6.52. The summed E-state index contributed by atoms with van der Waals surface area (Å²) in [4.78, 5) is 14.7. The van der Waals surface area contributed by atoms with Crippen molar-refractivity contribution in [1.29, 1.82) is 0 Å². The SMILES string of the molecule is Cc1ccc(NS(=O)(=O)c2cc(NC(=O)c3ccc(N(C)C)cc3)ccc2C)c(C)c1. The number of anilines is 3. The Kier molecular flexibility index (Phi) is 6.36. The number of carbonyl (C=O) groups is 1. The number of aryl methyl sites for hydroxylation is 3. The minimum Gasteiger partial charge on any atom is -0.378 e. The molecule has 1 amide bonds. The Morgan fingerprint density at radius 2 is 1.52 bits per heavy atom. The van der Waals surface area contributed by atoms with Gasteiger partial charge in [0.05, 0.1) is 10.6 Å². The summed E-state index contributed by atoms with van der Waals surface area (Å²) in [6.07, 6.45) is 0. The molecule has 3 aromatic carbocycles. The van der Waals surface area contributed by atoms with Crippen LogP contribution >= 0.6 is 0 Å². The molecule has 0 aliphatic heterocycles. The summed E-state index contributed by atoms with van der Waals surface area (Å²) >= 11 is 0. The van der Waals surface area contributed by atoms with Crippen LogP contribution in [0, 0.1) is 20.8 Å². The Balaban J connectivity index is 1.84. The van der Waals surface area contributed by atoms with Gasteiger partial charge in [-0.1, -0.05) is 23.8 Å². The Morgan fingerprint density at radius 1 is 0.839 bits per heavy atom. The van der Waals surface area contributed by atoms with Crippen LogP contribution in [-0.4, -0.2) is 28.4 Å². The van der Waals surface area contributed by atoms with Crippen molar-refractivity contribution >= 4 is 33.0 Å². The van der Waals surface area contributed by atoms with Gasteiger partial charge in [-0.3, -0.25) is 9.52 Å². The molecule has 0 saturated carbocycles. The number of hydrogen-bond donors (Lipinski definition) is 2. The predicted octanol–water partition coefficient (Wildman–Crippen LogP) is 4.73. The van der Waals surface area contributed by atoms with Crippen molar-refractivity contribution in [2.45, 2.75) is 25.7 Å². The average Bonchev–Trinajstić information content (AvgIpc) is 2.71. The first-order valence-electron chi connectivity index (χ1n) is 9.86. The van der Waals surface area contributed by atoms with E-state index in [0.717, 1.165) is 16.8 Å². The van der Waals surface area contributed by atoms with Crippen LogP contribution in [0.25, 0.3) is 0 Å². The molecular weight excluding hydrogens is 410 g/mol. The lowest BCUT2D eigenvalue weighted by atomic mass is 10.1. The first kappa shape index (κ1) is 22.4. The van der Waals surface area contributed by atoms with Crippen LogP contribution in [0.4, 0.5) is 17.1 Å². The van der Waals surface area contributed by atoms with Gasteiger partial charge in [0.1, 0.15) is 0 Å². The maximum absolute atomic E-state index is 13.0. The summed E-state index contributed by atoms with van der Waals surface area (Å²) in [7, 11) is 0.0279. The first-order chi connectivity index (χ1) is 14.6. The molecule has 0 aromatic heterocycles. The lowest BCUT2D eigenvalue weighted by Gasteiger charge is -2.15. The number of rotatable bonds is 6. The number of benzene rings is 3. The molecule has 0 aliphatic carbocycles. The van der Waals surface area contributed by atoms with Gasteiger partial charge >= 0.3 is 0 Å². The Morgan fingerprint density at radius 3 is 2.13 bits per heavy atom. The van der Waals surface area contributed by atoms with E-state index in [2.05, 4.69) is 10.0 Å². The minimum absolute atomic E-state index is 0.119. The molecule has 2 N–H and O–H groups in total. The largest absolute Gasteiger partial charge is 0.378 e. The molecule has 0 saturated heterocycles. The van der Waals surface area contributed by atoms with E-state index in [0.29, 0.717) is 22.5 Å². The van der Waals surface area contributed by atoms with E-state index in [-0.39, 0.29) is 10.8 Å². The second kappa shape index (κ2) is 8.81. The van der Waals surface area contributed by atoms with Gasteiger partial charge in [-0.2, -0.15) is 0 Å². The lowest BCUT2D eigenvalue weighted by Crippen LogP contribution is -2.17. The molecular formula is C24H27N3O3S. The summed E-state index contributed by atoms with van der Waals surface area (Å²) in [6, 6.07) is 17.6. The number of carbonyl (C=O) groups excluding carboxylic acids is 1. The molecule has 0 heterocycles. The van der Waals surface area contributed by atoms with Crippen LogP contribution in [-0.2, 0) is 10.0 Å². The summed E-state index contributed by atoms with van der Waals surface area (Å²) in [5.74, 6) is -0.306. The highest BCUT2D eigenvalue weighted by Crippen LogP contribution is 2.25. The van der Waals surface area contributed by atoms with E-state index in [1.165, 1.54) is 6.07 Å². The number of nitrogens with zero attached hydrogens (tertiary/aromatic N) is 1. The van der Waals surface area contributed by atoms with Crippen LogP contribution in [0.15, 0.2) is 65.6 Å². The van der Waals surface area contributed by atoms with E-state index in [9.17, 15) is 13.2 Å². The molecule has 0 spiro atoms. The van der Waals surface area contributed by atoms with Gasteiger partial charge < -0.3 is 10.2 Å². The zero-order chi connectivity index (χ0) is 22.8. The maximum atomic E-state index is 13.0. The monoisotopic (exact) mass is 437 g/mol. The van der Waals surface area contributed by atoms with Crippen molar-refractivity contribution < 1.29 is 13.2 Å². The Bertz CT molecular complexity index is 1220. The van der Waals surface area contributed by atoms with Crippen molar-refractivity contribution in [1.82, 2.24) is 0 Å². The molecule has 0 unspecified atom stereocenters. The summed E-state index contributed by atoms with van der Waals surface area (Å²) in [6.45, 7) is 5.54. The number of nitrogens with one attached hydrogen (secondary N) is 2. The van der Waals surface area contributed by atoms with Crippen molar-refractivity contribution in [3.05, 3.63) is 82.9 Å². The van der Waals surface area contributed by atoms with E-state index >= 15 is 0 Å². The zero-order valence-corrected chi connectivity index (χ0v) is 19.2. The van der Waals surface area contributed by atoms with Gasteiger partial charge in [0.25, 0.3) is 15.9 Å².